The molecule has 0 aliphatic rings. The first-order chi connectivity index (χ1) is 5.72. The molecule has 0 fully saturated rings. The number of aliphatic carboxylic acids is 1. The standard InChI is InChI=1S/C8H9NO3/c10-6-9-4-3-7(5-9)1-2-8(11)12/h3-6H,1-2H2,(H,11,12)/p-1. The Morgan fingerprint density at radius 1 is 1.67 bits per heavy atom. The Hall–Kier alpha value is -1.58. The summed E-state index contributed by atoms with van der Waals surface area (Å²) in [5.41, 5.74) is 0.825. The van der Waals surface area contributed by atoms with Crippen molar-refractivity contribution in [3.63, 3.8) is 0 Å². The minimum absolute atomic E-state index is 0.0110. The van der Waals surface area contributed by atoms with E-state index in [1.54, 1.807) is 18.5 Å². The van der Waals surface area contributed by atoms with Crippen LogP contribution in [0.25, 0.3) is 0 Å². The average molecular weight is 166 g/mol. The molecule has 0 bridgehead atoms. The first-order valence-corrected chi connectivity index (χ1v) is 3.54. The van der Waals surface area contributed by atoms with Gasteiger partial charge in [-0.15, -0.1) is 0 Å². The fourth-order valence-electron chi connectivity index (χ4n) is 0.919. The molecule has 0 N–H and O–H groups in total. The Bertz CT molecular complexity index is 290. The quantitative estimate of drug-likeness (QED) is 0.550. The van der Waals surface area contributed by atoms with Crippen LogP contribution in [-0.2, 0) is 16.0 Å². The first-order valence-electron chi connectivity index (χ1n) is 3.54. The number of carboxylic acid groups (broad SMARTS) is 1. The van der Waals surface area contributed by atoms with Crippen molar-refractivity contribution in [2.45, 2.75) is 12.8 Å². The second-order valence-corrected chi connectivity index (χ2v) is 2.44. The summed E-state index contributed by atoms with van der Waals surface area (Å²) in [7, 11) is 0. The van der Waals surface area contributed by atoms with E-state index in [1.165, 1.54) is 4.57 Å². The molecule has 0 saturated carbocycles. The van der Waals surface area contributed by atoms with Gasteiger partial charge in [-0.25, -0.2) is 0 Å². The van der Waals surface area contributed by atoms with Crippen LogP contribution in [0.2, 0.25) is 0 Å². The van der Waals surface area contributed by atoms with Crippen LogP contribution in [0.1, 0.15) is 12.0 Å². The number of aryl methyl sites for hydroxylation is 1. The van der Waals surface area contributed by atoms with Crippen LogP contribution in [0.15, 0.2) is 18.5 Å². The molecule has 0 saturated heterocycles. The van der Waals surface area contributed by atoms with Crippen LogP contribution in [0.3, 0.4) is 0 Å². The summed E-state index contributed by atoms with van der Waals surface area (Å²) in [5, 5.41) is 10.1. The van der Waals surface area contributed by atoms with Crippen molar-refractivity contribution in [3.05, 3.63) is 24.0 Å². The van der Waals surface area contributed by atoms with E-state index in [9.17, 15) is 14.7 Å². The fraction of sp³-hybridized carbons (Fsp3) is 0.250. The lowest BCUT2D eigenvalue weighted by Crippen LogP contribution is -2.22. The van der Waals surface area contributed by atoms with Crippen LogP contribution in [0.5, 0.6) is 0 Å². The molecular formula is C8H8NO3-. The van der Waals surface area contributed by atoms with E-state index in [0.717, 1.165) is 5.56 Å². The maximum atomic E-state index is 10.2. The van der Waals surface area contributed by atoms with E-state index in [4.69, 9.17) is 0 Å². The van der Waals surface area contributed by atoms with Crippen LogP contribution >= 0.6 is 0 Å². The third-order valence-corrected chi connectivity index (χ3v) is 1.52. The van der Waals surface area contributed by atoms with Crippen LogP contribution in [0.4, 0.5) is 0 Å². The van der Waals surface area contributed by atoms with Gasteiger partial charge in [0.1, 0.15) is 0 Å². The second-order valence-electron chi connectivity index (χ2n) is 2.44. The van der Waals surface area contributed by atoms with Gasteiger partial charge in [0.25, 0.3) is 0 Å². The molecule has 0 unspecified atom stereocenters. The summed E-state index contributed by atoms with van der Waals surface area (Å²) in [6.45, 7) is 0. The molecule has 0 spiro atoms. The Kier molecular flexibility index (Phi) is 2.63. The summed E-state index contributed by atoms with van der Waals surface area (Å²) in [6, 6.07) is 1.71. The predicted octanol–water partition coefficient (Wildman–Crippen LogP) is -0.791. The maximum absolute atomic E-state index is 10.2. The van der Waals surface area contributed by atoms with Gasteiger partial charge < -0.3 is 9.90 Å². The van der Waals surface area contributed by atoms with E-state index in [-0.39, 0.29) is 6.42 Å². The Balaban J connectivity index is 2.52. The zero-order valence-electron chi connectivity index (χ0n) is 6.40. The van der Waals surface area contributed by atoms with Crippen molar-refractivity contribution in [1.82, 2.24) is 4.57 Å². The summed E-state index contributed by atoms with van der Waals surface area (Å²) in [6.07, 6.45) is 4.22. The largest absolute Gasteiger partial charge is 0.550 e. The van der Waals surface area contributed by atoms with Crippen molar-refractivity contribution in [3.8, 4) is 0 Å². The number of carbonyl (C=O) groups is 2. The van der Waals surface area contributed by atoms with Gasteiger partial charge in [0.2, 0.25) is 6.41 Å². The molecule has 0 aromatic carbocycles. The van der Waals surface area contributed by atoms with Crippen molar-refractivity contribution in [2.75, 3.05) is 0 Å². The highest BCUT2D eigenvalue weighted by Crippen LogP contribution is 2.02. The van der Waals surface area contributed by atoms with E-state index in [0.29, 0.717) is 12.8 Å². The number of carboxylic acids is 1. The summed E-state index contributed by atoms with van der Waals surface area (Å²) in [5.74, 6) is -1.08. The normalized spacial score (nSPS) is 9.67. The number of aromatic nitrogens is 1. The number of carbonyl (C=O) groups excluding carboxylic acids is 2. The van der Waals surface area contributed by atoms with Crippen LogP contribution in [0, 0.1) is 0 Å². The zero-order chi connectivity index (χ0) is 8.97. The fourth-order valence-corrected chi connectivity index (χ4v) is 0.919. The van der Waals surface area contributed by atoms with Gasteiger partial charge >= 0.3 is 0 Å². The van der Waals surface area contributed by atoms with E-state index >= 15 is 0 Å². The Morgan fingerprint density at radius 2 is 2.42 bits per heavy atom. The Morgan fingerprint density at radius 3 is 2.92 bits per heavy atom. The SMILES string of the molecule is O=Cn1ccc(CCC(=O)[O-])c1. The minimum Gasteiger partial charge on any atom is -0.550 e. The number of nitrogens with zero attached hydrogens (tertiary/aromatic N) is 1. The molecule has 0 atom stereocenters. The zero-order valence-corrected chi connectivity index (χ0v) is 6.40. The molecule has 1 rings (SSSR count). The highest BCUT2D eigenvalue weighted by atomic mass is 16.4. The van der Waals surface area contributed by atoms with E-state index in [2.05, 4.69) is 0 Å². The lowest BCUT2D eigenvalue weighted by Gasteiger charge is -1.98. The lowest BCUT2D eigenvalue weighted by atomic mass is 10.2. The van der Waals surface area contributed by atoms with Gasteiger partial charge in [0.15, 0.2) is 0 Å². The molecule has 0 aliphatic heterocycles. The van der Waals surface area contributed by atoms with Crippen molar-refractivity contribution in [2.24, 2.45) is 0 Å². The molecule has 0 radical (unpaired) electrons. The summed E-state index contributed by atoms with van der Waals surface area (Å²) >= 11 is 0. The molecule has 4 nitrogen and oxygen atoms in total. The van der Waals surface area contributed by atoms with Gasteiger partial charge in [-0.05, 0) is 24.5 Å². The molecule has 1 aromatic heterocycles. The molecule has 64 valence electrons. The monoisotopic (exact) mass is 166 g/mol. The molecule has 4 heteroatoms. The summed E-state index contributed by atoms with van der Waals surface area (Å²) < 4.78 is 1.34. The Labute approximate surface area is 69.4 Å². The molecule has 1 heterocycles. The number of hydrogen-bond acceptors (Lipinski definition) is 3. The second kappa shape index (κ2) is 3.71. The van der Waals surface area contributed by atoms with Crippen molar-refractivity contribution in [1.29, 1.82) is 0 Å². The van der Waals surface area contributed by atoms with Gasteiger partial charge in [-0.2, -0.15) is 0 Å². The summed E-state index contributed by atoms with van der Waals surface area (Å²) in [4.78, 5) is 20.3. The van der Waals surface area contributed by atoms with Gasteiger partial charge in [-0.1, -0.05) is 0 Å². The van der Waals surface area contributed by atoms with Gasteiger partial charge in [0, 0.05) is 18.4 Å². The van der Waals surface area contributed by atoms with Gasteiger partial charge in [0.05, 0.1) is 0 Å². The van der Waals surface area contributed by atoms with Crippen LogP contribution in [-0.4, -0.2) is 16.9 Å². The molecular weight excluding hydrogens is 158 g/mol. The third kappa shape index (κ3) is 2.23. The molecule has 12 heavy (non-hydrogen) atoms. The topological polar surface area (TPSA) is 62.1 Å². The van der Waals surface area contributed by atoms with Crippen molar-refractivity contribution < 1.29 is 14.7 Å². The molecule has 1 aromatic rings. The highest BCUT2D eigenvalue weighted by molar-refractivity contribution is 5.64. The number of rotatable bonds is 4. The van der Waals surface area contributed by atoms with Gasteiger partial charge in [-0.3, -0.25) is 9.36 Å². The predicted molar refractivity (Wildman–Crippen MR) is 39.9 cm³/mol. The number of hydrogen-bond donors (Lipinski definition) is 0. The smallest absolute Gasteiger partial charge is 0.217 e. The van der Waals surface area contributed by atoms with E-state index < -0.39 is 5.97 Å². The first kappa shape index (κ1) is 8.52. The maximum Gasteiger partial charge on any atom is 0.217 e. The minimum atomic E-state index is -1.08. The van der Waals surface area contributed by atoms with Crippen LogP contribution < -0.4 is 5.11 Å². The molecule has 0 aliphatic carbocycles. The third-order valence-electron chi connectivity index (χ3n) is 1.52. The molecule has 0 amide bonds. The average Bonchev–Trinajstić information content (AvgIpc) is 2.48. The highest BCUT2D eigenvalue weighted by Gasteiger charge is 1.95. The van der Waals surface area contributed by atoms with Crippen molar-refractivity contribution >= 4 is 12.4 Å². The van der Waals surface area contributed by atoms with E-state index in [1.807, 2.05) is 0 Å². The lowest BCUT2D eigenvalue weighted by molar-refractivity contribution is -0.305.